The highest BCUT2D eigenvalue weighted by atomic mass is 16.2. The van der Waals surface area contributed by atoms with Gasteiger partial charge in [-0.1, -0.05) is 39.0 Å². The average Bonchev–Trinajstić information content (AvgIpc) is 2.48. The van der Waals surface area contributed by atoms with Crippen molar-refractivity contribution in [3.05, 3.63) is 34.9 Å². The third kappa shape index (κ3) is 4.65. The lowest BCUT2D eigenvalue weighted by molar-refractivity contribution is -0.121. The van der Waals surface area contributed by atoms with Crippen LogP contribution in [0.25, 0.3) is 0 Å². The Labute approximate surface area is 137 Å². The third-order valence-electron chi connectivity index (χ3n) is 4.06. The van der Waals surface area contributed by atoms with Gasteiger partial charge in [-0.05, 0) is 35.4 Å². The maximum Gasteiger partial charge on any atom is 0.267 e. The van der Waals surface area contributed by atoms with Crippen molar-refractivity contribution in [1.82, 2.24) is 10.7 Å². The van der Waals surface area contributed by atoms with E-state index < -0.39 is 0 Å². The second kappa shape index (κ2) is 6.94. The number of nitrogens with one attached hydrogen (secondary N) is 2. The molecule has 0 aromatic heterocycles. The van der Waals surface area contributed by atoms with Gasteiger partial charge >= 0.3 is 0 Å². The molecule has 124 valence electrons. The molecule has 5 heteroatoms. The van der Waals surface area contributed by atoms with Crippen molar-refractivity contribution in [2.45, 2.75) is 52.4 Å². The molecule has 2 N–H and O–H groups in total. The van der Waals surface area contributed by atoms with E-state index in [4.69, 9.17) is 0 Å². The largest absolute Gasteiger partial charge is 0.351 e. The first-order chi connectivity index (χ1) is 10.8. The Bertz CT molecular complexity index is 642. The van der Waals surface area contributed by atoms with E-state index in [-0.39, 0.29) is 17.2 Å². The molecule has 1 heterocycles. The highest BCUT2D eigenvalue weighted by Gasteiger charge is 2.18. The summed E-state index contributed by atoms with van der Waals surface area (Å²) in [5.74, 6) is -0.342. The number of hydrogen-bond acceptors (Lipinski definition) is 3. The van der Waals surface area contributed by atoms with Crippen LogP contribution in [-0.4, -0.2) is 24.1 Å². The minimum Gasteiger partial charge on any atom is -0.351 e. The van der Waals surface area contributed by atoms with E-state index in [1.54, 1.807) is 0 Å². The molecule has 2 amide bonds. The second-order valence-electron chi connectivity index (χ2n) is 6.99. The van der Waals surface area contributed by atoms with Crippen molar-refractivity contribution in [3.8, 4) is 0 Å². The molecule has 23 heavy (non-hydrogen) atoms. The van der Waals surface area contributed by atoms with Crippen LogP contribution in [0.15, 0.2) is 23.3 Å². The number of aryl methyl sites for hydroxylation is 1. The first-order valence-corrected chi connectivity index (χ1v) is 8.01. The van der Waals surface area contributed by atoms with E-state index in [2.05, 4.69) is 61.7 Å². The number of benzene rings is 1. The zero-order chi connectivity index (χ0) is 17.0. The Morgan fingerprint density at radius 3 is 2.65 bits per heavy atom. The van der Waals surface area contributed by atoms with Crippen LogP contribution in [0.1, 0.15) is 50.3 Å². The molecule has 0 atom stereocenters. The normalized spacial score (nSPS) is 15.0. The molecule has 0 fully saturated rings. The molecule has 0 saturated carbocycles. The Balaban J connectivity index is 1.94. The molecule has 1 aliphatic rings. The molecule has 0 bridgehead atoms. The number of amides is 2. The Hall–Kier alpha value is -2.17. The molecule has 0 spiro atoms. The van der Waals surface area contributed by atoms with Crippen LogP contribution in [-0.2, 0) is 21.4 Å². The van der Waals surface area contributed by atoms with Crippen LogP contribution in [0.2, 0.25) is 0 Å². The summed E-state index contributed by atoms with van der Waals surface area (Å²) in [6.07, 6.45) is 1.50. The van der Waals surface area contributed by atoms with Crippen molar-refractivity contribution in [1.29, 1.82) is 0 Å². The van der Waals surface area contributed by atoms with Crippen LogP contribution in [0.3, 0.4) is 0 Å². The minimum absolute atomic E-state index is 0.112. The second-order valence-corrected chi connectivity index (χ2v) is 6.99. The van der Waals surface area contributed by atoms with Crippen LogP contribution in [0, 0.1) is 6.92 Å². The maximum absolute atomic E-state index is 12.0. The lowest BCUT2D eigenvalue weighted by atomic mass is 9.85. The summed E-state index contributed by atoms with van der Waals surface area (Å²) in [5.41, 5.74) is 6.62. The van der Waals surface area contributed by atoms with E-state index in [1.807, 2.05) is 0 Å². The van der Waals surface area contributed by atoms with Crippen LogP contribution in [0.5, 0.6) is 0 Å². The Morgan fingerprint density at radius 1 is 1.30 bits per heavy atom. The first kappa shape index (κ1) is 17.2. The number of carbonyl (C=O) groups excluding carboxylic acids is 2. The molecule has 2 rings (SSSR count). The molecule has 0 saturated heterocycles. The predicted octanol–water partition coefficient (Wildman–Crippen LogP) is 2.22. The summed E-state index contributed by atoms with van der Waals surface area (Å²) in [4.78, 5) is 23.0. The minimum atomic E-state index is -0.199. The number of nitrogens with zero attached hydrogens (tertiary/aromatic N) is 1. The molecule has 0 unspecified atom stereocenters. The van der Waals surface area contributed by atoms with Gasteiger partial charge in [-0.15, -0.1) is 0 Å². The highest BCUT2D eigenvalue weighted by Crippen LogP contribution is 2.24. The van der Waals surface area contributed by atoms with Crippen LogP contribution >= 0.6 is 0 Å². The SMILES string of the molecule is Cc1ccc(C(C)(C)C)cc1CCNC(=O)C1=NNC(=O)CC1. The summed E-state index contributed by atoms with van der Waals surface area (Å²) in [7, 11) is 0. The quantitative estimate of drug-likeness (QED) is 0.894. The van der Waals surface area contributed by atoms with Gasteiger partial charge in [0.05, 0.1) is 0 Å². The fourth-order valence-corrected chi connectivity index (χ4v) is 2.46. The lowest BCUT2D eigenvalue weighted by Gasteiger charge is -2.21. The number of rotatable bonds is 4. The monoisotopic (exact) mass is 315 g/mol. The molecule has 1 aromatic rings. The average molecular weight is 315 g/mol. The highest BCUT2D eigenvalue weighted by molar-refractivity contribution is 6.39. The van der Waals surface area contributed by atoms with Crippen molar-refractivity contribution >= 4 is 17.5 Å². The van der Waals surface area contributed by atoms with E-state index in [0.29, 0.717) is 25.1 Å². The third-order valence-corrected chi connectivity index (χ3v) is 4.06. The zero-order valence-electron chi connectivity index (χ0n) is 14.3. The molecule has 0 radical (unpaired) electrons. The van der Waals surface area contributed by atoms with Gasteiger partial charge in [0.25, 0.3) is 5.91 Å². The molecular formula is C18H25N3O2. The van der Waals surface area contributed by atoms with E-state index >= 15 is 0 Å². The van der Waals surface area contributed by atoms with Crippen LogP contribution in [0.4, 0.5) is 0 Å². The summed E-state index contributed by atoms with van der Waals surface area (Å²) in [5, 5.41) is 6.69. The lowest BCUT2D eigenvalue weighted by Crippen LogP contribution is -2.37. The van der Waals surface area contributed by atoms with Gasteiger partial charge in [0, 0.05) is 19.4 Å². The summed E-state index contributed by atoms with van der Waals surface area (Å²) < 4.78 is 0. The molecule has 0 aliphatic carbocycles. The van der Waals surface area contributed by atoms with Crippen molar-refractivity contribution in [2.24, 2.45) is 5.10 Å². The van der Waals surface area contributed by atoms with Crippen molar-refractivity contribution < 1.29 is 9.59 Å². The number of carbonyl (C=O) groups is 2. The van der Waals surface area contributed by atoms with Gasteiger partial charge in [-0.2, -0.15) is 5.10 Å². The Morgan fingerprint density at radius 2 is 2.04 bits per heavy atom. The van der Waals surface area contributed by atoms with Gasteiger partial charge in [-0.3, -0.25) is 9.59 Å². The summed E-state index contributed by atoms with van der Waals surface area (Å²) in [6, 6.07) is 6.52. The molecule has 5 nitrogen and oxygen atoms in total. The smallest absolute Gasteiger partial charge is 0.267 e. The topological polar surface area (TPSA) is 70.6 Å². The van der Waals surface area contributed by atoms with Gasteiger partial charge in [-0.25, -0.2) is 5.43 Å². The molecule has 1 aliphatic heterocycles. The van der Waals surface area contributed by atoms with Crippen molar-refractivity contribution in [2.75, 3.05) is 6.54 Å². The van der Waals surface area contributed by atoms with Gasteiger partial charge < -0.3 is 5.32 Å². The van der Waals surface area contributed by atoms with Gasteiger partial charge in [0.15, 0.2) is 0 Å². The van der Waals surface area contributed by atoms with E-state index in [1.165, 1.54) is 16.7 Å². The zero-order valence-corrected chi connectivity index (χ0v) is 14.3. The van der Waals surface area contributed by atoms with Gasteiger partial charge in [0.1, 0.15) is 5.71 Å². The fourth-order valence-electron chi connectivity index (χ4n) is 2.46. The molecular weight excluding hydrogens is 290 g/mol. The standard InChI is InChI=1S/C18H25N3O2/c1-12-5-6-14(18(2,3)4)11-13(12)9-10-19-17(23)15-7-8-16(22)21-20-15/h5-6,11H,7-10H2,1-4H3,(H,19,23)(H,21,22). The van der Waals surface area contributed by atoms with Gasteiger partial charge in [0.2, 0.25) is 5.91 Å². The first-order valence-electron chi connectivity index (χ1n) is 8.01. The fraction of sp³-hybridized carbons (Fsp3) is 0.500. The number of hydrogen-bond donors (Lipinski definition) is 2. The van der Waals surface area contributed by atoms with Crippen LogP contribution < -0.4 is 10.7 Å². The van der Waals surface area contributed by atoms with E-state index in [9.17, 15) is 9.59 Å². The maximum atomic E-state index is 12.0. The Kier molecular flexibility index (Phi) is 5.19. The summed E-state index contributed by atoms with van der Waals surface area (Å²) in [6.45, 7) is 9.22. The number of hydrazone groups is 1. The van der Waals surface area contributed by atoms with Crippen molar-refractivity contribution in [3.63, 3.8) is 0 Å². The van der Waals surface area contributed by atoms with E-state index in [0.717, 1.165) is 6.42 Å². The summed E-state index contributed by atoms with van der Waals surface area (Å²) >= 11 is 0. The predicted molar refractivity (Wildman–Crippen MR) is 91.4 cm³/mol. The molecule has 1 aromatic carbocycles.